The average molecular weight is 393 g/mol. The lowest BCUT2D eigenvalue weighted by Crippen LogP contribution is -2.55. The first-order valence-corrected chi connectivity index (χ1v) is 10.4. The number of para-hydroxylation sites is 1. The fourth-order valence-electron chi connectivity index (χ4n) is 6.12. The number of nitrogens with one attached hydrogen (secondary N) is 2. The third-order valence-corrected chi connectivity index (χ3v) is 6.89. The summed E-state index contributed by atoms with van der Waals surface area (Å²) in [6, 6.07) is 7.15. The molecule has 0 atom stereocenters. The summed E-state index contributed by atoms with van der Waals surface area (Å²) in [6.07, 6.45) is 9.29. The monoisotopic (exact) mass is 393 g/mol. The van der Waals surface area contributed by atoms with Crippen LogP contribution in [0.2, 0.25) is 0 Å². The number of carbonyl (C=O) groups excluding carboxylic acids is 1. The van der Waals surface area contributed by atoms with Crippen LogP contribution in [0.15, 0.2) is 30.6 Å². The second-order valence-corrected chi connectivity index (χ2v) is 8.97. The van der Waals surface area contributed by atoms with Crippen molar-refractivity contribution in [3.05, 3.63) is 36.2 Å². The molecule has 1 heterocycles. The van der Waals surface area contributed by atoms with Crippen molar-refractivity contribution in [1.29, 1.82) is 0 Å². The van der Waals surface area contributed by atoms with Gasteiger partial charge in [0.25, 0.3) is 0 Å². The van der Waals surface area contributed by atoms with Crippen LogP contribution >= 0.6 is 0 Å². The Kier molecular flexibility index (Phi) is 4.33. The van der Waals surface area contributed by atoms with Crippen LogP contribution in [0.3, 0.4) is 0 Å². The van der Waals surface area contributed by atoms with Crippen molar-refractivity contribution in [1.82, 2.24) is 9.97 Å². The van der Waals surface area contributed by atoms with Gasteiger partial charge in [-0.3, -0.25) is 0 Å². The van der Waals surface area contributed by atoms with E-state index >= 15 is 0 Å². The van der Waals surface area contributed by atoms with E-state index in [1.165, 1.54) is 52.0 Å². The Hall–Kier alpha value is -2.83. The minimum Gasteiger partial charge on any atom is -0.465 e. The molecule has 4 saturated carbocycles. The van der Waals surface area contributed by atoms with Crippen LogP contribution in [-0.4, -0.2) is 28.6 Å². The maximum atomic E-state index is 12.1. The number of anilines is 4. The summed E-state index contributed by atoms with van der Waals surface area (Å²) in [5.41, 5.74) is 8.07. The van der Waals surface area contributed by atoms with Crippen molar-refractivity contribution in [3.63, 3.8) is 0 Å². The topological polar surface area (TPSA) is 102 Å². The molecule has 1 aromatic carbocycles. The highest BCUT2D eigenvalue weighted by atomic mass is 16.5. The molecule has 0 radical (unpaired) electrons. The van der Waals surface area contributed by atoms with Crippen molar-refractivity contribution in [2.75, 3.05) is 23.5 Å². The molecule has 4 aliphatic rings. The van der Waals surface area contributed by atoms with E-state index in [-0.39, 0.29) is 5.54 Å². The maximum absolute atomic E-state index is 12.1. The van der Waals surface area contributed by atoms with Gasteiger partial charge < -0.3 is 21.1 Å². The number of benzene rings is 1. The van der Waals surface area contributed by atoms with Gasteiger partial charge in [0.1, 0.15) is 12.0 Å². The van der Waals surface area contributed by atoms with Crippen LogP contribution in [0.25, 0.3) is 0 Å². The number of nitrogen functional groups attached to an aromatic ring is 1. The summed E-state index contributed by atoms with van der Waals surface area (Å²) < 4.78 is 4.87. The predicted molar refractivity (Wildman–Crippen MR) is 112 cm³/mol. The predicted octanol–water partition coefficient (Wildman–Crippen LogP) is 3.97. The quantitative estimate of drug-likeness (QED) is 0.661. The van der Waals surface area contributed by atoms with Crippen LogP contribution in [0.4, 0.5) is 23.0 Å². The smallest absolute Gasteiger partial charge is 0.339 e. The maximum Gasteiger partial charge on any atom is 0.339 e. The number of hydrogen-bond donors (Lipinski definition) is 3. The normalized spacial score (nSPS) is 29.5. The van der Waals surface area contributed by atoms with Gasteiger partial charge in [-0.05, 0) is 68.4 Å². The Bertz CT molecular complexity index is 909. The Morgan fingerprint density at radius 1 is 1.07 bits per heavy atom. The minimum absolute atomic E-state index is 0.110. The standard InChI is InChI=1S/C22H27N5O2/c1-29-21(28)16-4-2-3-5-17(16)26-19-18(23)20(25-12-24-19)27-22-9-13-6-14(10-22)8-15(7-13)11-22/h2-5,12-15H,6-11,23H2,1H3,(H2,24,25,26,27). The van der Waals surface area contributed by atoms with E-state index in [0.29, 0.717) is 28.6 Å². The fourth-order valence-corrected chi connectivity index (χ4v) is 6.12. The number of carbonyl (C=O) groups is 1. The van der Waals surface area contributed by atoms with Gasteiger partial charge in [-0.1, -0.05) is 12.1 Å². The Labute approximate surface area is 170 Å². The van der Waals surface area contributed by atoms with Crippen molar-refractivity contribution in [2.24, 2.45) is 17.8 Å². The zero-order chi connectivity index (χ0) is 20.0. The lowest BCUT2D eigenvalue weighted by molar-refractivity contribution is 0.0106. The first-order valence-electron chi connectivity index (χ1n) is 10.4. The van der Waals surface area contributed by atoms with Crippen LogP contribution in [0, 0.1) is 17.8 Å². The van der Waals surface area contributed by atoms with Gasteiger partial charge in [-0.25, -0.2) is 14.8 Å². The summed E-state index contributed by atoms with van der Waals surface area (Å²) in [6.45, 7) is 0. The molecule has 4 aliphatic carbocycles. The Morgan fingerprint density at radius 2 is 1.69 bits per heavy atom. The molecular weight excluding hydrogens is 366 g/mol. The summed E-state index contributed by atoms with van der Waals surface area (Å²) in [5.74, 6) is 3.26. The molecule has 4 bridgehead atoms. The zero-order valence-electron chi connectivity index (χ0n) is 16.6. The van der Waals surface area contributed by atoms with E-state index in [1.807, 2.05) is 6.07 Å². The number of nitrogens with zero attached hydrogens (tertiary/aromatic N) is 2. The van der Waals surface area contributed by atoms with Crippen molar-refractivity contribution < 1.29 is 9.53 Å². The molecule has 0 aliphatic heterocycles. The Morgan fingerprint density at radius 3 is 2.34 bits per heavy atom. The number of ether oxygens (including phenoxy) is 1. The van der Waals surface area contributed by atoms with Gasteiger partial charge in [0.05, 0.1) is 18.4 Å². The molecule has 7 nitrogen and oxygen atoms in total. The molecular formula is C22H27N5O2. The van der Waals surface area contributed by atoms with Gasteiger partial charge in [0.15, 0.2) is 11.6 Å². The molecule has 0 spiro atoms. The molecule has 0 unspecified atom stereocenters. The molecule has 7 heteroatoms. The molecule has 0 amide bonds. The molecule has 1 aromatic heterocycles. The highest BCUT2D eigenvalue weighted by Crippen LogP contribution is 2.56. The van der Waals surface area contributed by atoms with Gasteiger partial charge in [0.2, 0.25) is 0 Å². The van der Waals surface area contributed by atoms with Crippen LogP contribution in [0.5, 0.6) is 0 Å². The molecule has 4 N–H and O–H groups in total. The number of rotatable bonds is 5. The first kappa shape index (κ1) is 18.2. The molecule has 6 rings (SSSR count). The van der Waals surface area contributed by atoms with Gasteiger partial charge in [-0.2, -0.15) is 0 Å². The van der Waals surface area contributed by atoms with E-state index in [2.05, 4.69) is 20.6 Å². The van der Waals surface area contributed by atoms with E-state index < -0.39 is 5.97 Å². The molecule has 4 fully saturated rings. The fraction of sp³-hybridized carbons (Fsp3) is 0.500. The number of aromatic nitrogens is 2. The van der Waals surface area contributed by atoms with Crippen LogP contribution in [0.1, 0.15) is 48.9 Å². The molecule has 0 saturated heterocycles. The third kappa shape index (κ3) is 3.28. The summed E-state index contributed by atoms with van der Waals surface area (Å²) in [4.78, 5) is 20.8. The Balaban J connectivity index is 1.41. The highest BCUT2D eigenvalue weighted by Gasteiger charge is 2.51. The summed E-state index contributed by atoms with van der Waals surface area (Å²) in [7, 11) is 1.37. The first-order chi connectivity index (χ1) is 14.0. The number of methoxy groups -OCH3 is 1. The van der Waals surface area contributed by atoms with Crippen molar-refractivity contribution in [3.8, 4) is 0 Å². The number of esters is 1. The number of nitrogens with two attached hydrogens (primary N) is 1. The largest absolute Gasteiger partial charge is 0.465 e. The van der Waals surface area contributed by atoms with Crippen LogP contribution in [-0.2, 0) is 4.74 Å². The second-order valence-electron chi connectivity index (χ2n) is 8.97. The molecule has 29 heavy (non-hydrogen) atoms. The van der Waals surface area contributed by atoms with Gasteiger partial charge in [0, 0.05) is 5.54 Å². The third-order valence-electron chi connectivity index (χ3n) is 6.89. The SMILES string of the molecule is COC(=O)c1ccccc1Nc1ncnc(NC23CC4CC(CC(C4)C2)C3)c1N. The lowest BCUT2D eigenvalue weighted by atomic mass is 9.53. The molecule has 152 valence electrons. The minimum atomic E-state index is -0.410. The average Bonchev–Trinajstić information content (AvgIpc) is 2.69. The van der Waals surface area contributed by atoms with E-state index in [4.69, 9.17) is 10.5 Å². The second kappa shape index (κ2) is 6.90. The van der Waals surface area contributed by atoms with Crippen molar-refractivity contribution in [2.45, 2.75) is 44.1 Å². The number of hydrogen-bond acceptors (Lipinski definition) is 7. The van der Waals surface area contributed by atoms with E-state index in [1.54, 1.807) is 18.2 Å². The van der Waals surface area contributed by atoms with Gasteiger partial charge >= 0.3 is 5.97 Å². The van der Waals surface area contributed by atoms with Crippen LogP contribution < -0.4 is 16.4 Å². The summed E-state index contributed by atoms with van der Waals surface area (Å²) in [5, 5.41) is 6.91. The molecule has 2 aromatic rings. The summed E-state index contributed by atoms with van der Waals surface area (Å²) >= 11 is 0. The van der Waals surface area contributed by atoms with Gasteiger partial charge in [-0.15, -0.1) is 0 Å². The van der Waals surface area contributed by atoms with E-state index in [9.17, 15) is 4.79 Å². The zero-order valence-corrected chi connectivity index (χ0v) is 16.6. The van der Waals surface area contributed by atoms with E-state index in [0.717, 1.165) is 17.8 Å². The highest BCUT2D eigenvalue weighted by molar-refractivity contribution is 5.97. The van der Waals surface area contributed by atoms with Crippen molar-refractivity contribution >= 4 is 29.0 Å². The lowest BCUT2D eigenvalue weighted by Gasteiger charge is -2.57.